The number of piperidine rings is 1. The van der Waals surface area contributed by atoms with Crippen molar-refractivity contribution in [3.8, 4) is 0 Å². The highest BCUT2D eigenvalue weighted by atomic mass is 16.2. The SMILES string of the molecule is CC(C)(C)CC(=O)N1CCCC1C(=O)NC1CCCNC1. The van der Waals surface area contributed by atoms with Crippen LogP contribution in [0.2, 0.25) is 0 Å². The highest BCUT2D eigenvalue weighted by Crippen LogP contribution is 2.25. The first kappa shape index (κ1) is 16.3. The molecule has 0 radical (unpaired) electrons. The summed E-state index contributed by atoms with van der Waals surface area (Å²) in [5.74, 6) is 0.144. The quantitative estimate of drug-likeness (QED) is 0.824. The van der Waals surface area contributed by atoms with Crippen molar-refractivity contribution in [1.82, 2.24) is 15.5 Å². The van der Waals surface area contributed by atoms with Crippen molar-refractivity contribution in [2.75, 3.05) is 19.6 Å². The van der Waals surface area contributed by atoms with E-state index < -0.39 is 0 Å². The van der Waals surface area contributed by atoms with Gasteiger partial charge in [-0.3, -0.25) is 9.59 Å². The second-order valence-electron chi connectivity index (χ2n) is 7.53. The van der Waals surface area contributed by atoms with E-state index in [1.807, 2.05) is 0 Å². The molecule has 120 valence electrons. The first-order valence-corrected chi connectivity index (χ1v) is 8.17. The van der Waals surface area contributed by atoms with Crippen LogP contribution in [-0.4, -0.2) is 48.4 Å². The average Bonchev–Trinajstić information content (AvgIpc) is 2.87. The molecule has 0 saturated carbocycles. The van der Waals surface area contributed by atoms with Crippen LogP contribution >= 0.6 is 0 Å². The zero-order chi connectivity index (χ0) is 15.5. The van der Waals surface area contributed by atoms with Crippen LogP contribution in [-0.2, 0) is 9.59 Å². The Labute approximate surface area is 127 Å². The molecule has 2 saturated heterocycles. The second kappa shape index (κ2) is 6.77. The maximum Gasteiger partial charge on any atom is 0.243 e. The maximum absolute atomic E-state index is 12.5. The van der Waals surface area contributed by atoms with Crippen LogP contribution in [0.4, 0.5) is 0 Å². The number of hydrogen-bond acceptors (Lipinski definition) is 3. The first-order chi connectivity index (χ1) is 9.87. The monoisotopic (exact) mass is 295 g/mol. The fraction of sp³-hybridized carbons (Fsp3) is 0.875. The summed E-state index contributed by atoms with van der Waals surface area (Å²) in [4.78, 5) is 26.7. The molecule has 2 rings (SSSR count). The number of nitrogens with zero attached hydrogens (tertiary/aromatic N) is 1. The molecule has 2 heterocycles. The molecular formula is C16H29N3O2. The lowest BCUT2D eigenvalue weighted by molar-refractivity contribution is -0.140. The fourth-order valence-electron chi connectivity index (χ4n) is 3.17. The zero-order valence-electron chi connectivity index (χ0n) is 13.6. The molecule has 5 heteroatoms. The topological polar surface area (TPSA) is 61.4 Å². The molecule has 21 heavy (non-hydrogen) atoms. The van der Waals surface area contributed by atoms with Gasteiger partial charge >= 0.3 is 0 Å². The summed E-state index contributed by atoms with van der Waals surface area (Å²) in [5.41, 5.74) is -0.0337. The number of likely N-dealkylation sites (tertiary alicyclic amines) is 1. The van der Waals surface area contributed by atoms with Gasteiger partial charge < -0.3 is 15.5 Å². The fourth-order valence-corrected chi connectivity index (χ4v) is 3.17. The van der Waals surface area contributed by atoms with Crippen molar-refractivity contribution in [3.63, 3.8) is 0 Å². The van der Waals surface area contributed by atoms with E-state index in [0.717, 1.165) is 45.3 Å². The molecule has 2 unspecified atom stereocenters. The van der Waals surface area contributed by atoms with Gasteiger partial charge in [-0.15, -0.1) is 0 Å². The van der Waals surface area contributed by atoms with Crippen LogP contribution in [0.25, 0.3) is 0 Å². The van der Waals surface area contributed by atoms with Gasteiger partial charge in [-0.25, -0.2) is 0 Å². The largest absolute Gasteiger partial charge is 0.350 e. The van der Waals surface area contributed by atoms with Gasteiger partial charge in [0.15, 0.2) is 0 Å². The summed E-state index contributed by atoms with van der Waals surface area (Å²) in [6, 6.07) is -0.0480. The molecule has 0 bridgehead atoms. The molecule has 0 aliphatic carbocycles. The average molecular weight is 295 g/mol. The van der Waals surface area contributed by atoms with Gasteiger partial charge in [-0.1, -0.05) is 20.8 Å². The number of carbonyl (C=O) groups excluding carboxylic acids is 2. The van der Waals surface area contributed by atoms with E-state index in [0.29, 0.717) is 6.42 Å². The minimum atomic E-state index is -0.262. The zero-order valence-corrected chi connectivity index (χ0v) is 13.6. The van der Waals surface area contributed by atoms with E-state index >= 15 is 0 Å². The number of hydrogen-bond donors (Lipinski definition) is 2. The molecule has 2 aliphatic heterocycles. The minimum Gasteiger partial charge on any atom is -0.350 e. The number of nitrogens with one attached hydrogen (secondary N) is 2. The minimum absolute atomic E-state index is 0.0310. The molecule has 5 nitrogen and oxygen atoms in total. The lowest BCUT2D eigenvalue weighted by atomic mass is 9.91. The van der Waals surface area contributed by atoms with Gasteiger partial charge in [0.05, 0.1) is 0 Å². The molecule has 0 aromatic carbocycles. The number of rotatable bonds is 3. The molecular weight excluding hydrogens is 266 g/mol. The summed E-state index contributed by atoms with van der Waals surface area (Å²) in [7, 11) is 0. The van der Waals surface area contributed by atoms with E-state index in [9.17, 15) is 9.59 Å². The smallest absolute Gasteiger partial charge is 0.243 e. The standard InChI is InChI=1S/C16H29N3O2/c1-16(2,3)10-14(20)19-9-5-7-13(19)15(21)18-12-6-4-8-17-11-12/h12-13,17H,4-11H2,1-3H3,(H,18,21). The Kier molecular flexibility index (Phi) is 5.25. The highest BCUT2D eigenvalue weighted by Gasteiger charge is 2.35. The molecule has 2 N–H and O–H groups in total. The Bertz CT molecular complexity index is 383. The van der Waals surface area contributed by atoms with Crippen molar-refractivity contribution in [3.05, 3.63) is 0 Å². The van der Waals surface area contributed by atoms with Gasteiger partial charge in [-0.05, 0) is 37.6 Å². The van der Waals surface area contributed by atoms with Crippen molar-refractivity contribution >= 4 is 11.8 Å². The van der Waals surface area contributed by atoms with Crippen LogP contribution in [0, 0.1) is 5.41 Å². The van der Waals surface area contributed by atoms with Gasteiger partial charge in [0.1, 0.15) is 6.04 Å². The molecule has 2 aliphatic rings. The predicted octanol–water partition coefficient (Wildman–Crippen LogP) is 1.28. The van der Waals surface area contributed by atoms with Crippen LogP contribution in [0.3, 0.4) is 0 Å². The van der Waals surface area contributed by atoms with Gasteiger partial charge in [0, 0.05) is 25.6 Å². The Balaban J connectivity index is 1.91. The Morgan fingerprint density at radius 3 is 2.62 bits per heavy atom. The Morgan fingerprint density at radius 1 is 1.24 bits per heavy atom. The molecule has 2 amide bonds. The van der Waals surface area contributed by atoms with E-state index in [-0.39, 0.29) is 29.3 Å². The summed E-state index contributed by atoms with van der Waals surface area (Å²) in [6.45, 7) is 8.77. The van der Waals surface area contributed by atoms with Gasteiger partial charge in [-0.2, -0.15) is 0 Å². The lowest BCUT2D eigenvalue weighted by Gasteiger charge is -2.30. The lowest BCUT2D eigenvalue weighted by Crippen LogP contribution is -2.52. The Hall–Kier alpha value is -1.10. The van der Waals surface area contributed by atoms with E-state index in [1.165, 1.54) is 0 Å². The summed E-state index contributed by atoms with van der Waals surface area (Å²) in [5, 5.41) is 6.41. The highest BCUT2D eigenvalue weighted by molar-refractivity contribution is 5.88. The van der Waals surface area contributed by atoms with Crippen molar-refractivity contribution in [1.29, 1.82) is 0 Å². The first-order valence-electron chi connectivity index (χ1n) is 8.17. The van der Waals surface area contributed by atoms with E-state index in [1.54, 1.807) is 4.90 Å². The third kappa shape index (κ3) is 4.70. The summed E-state index contributed by atoms with van der Waals surface area (Å²) < 4.78 is 0. The van der Waals surface area contributed by atoms with Crippen LogP contribution < -0.4 is 10.6 Å². The molecule has 0 spiro atoms. The van der Waals surface area contributed by atoms with Crippen molar-refractivity contribution in [2.45, 2.75) is 65.0 Å². The normalized spacial score (nSPS) is 26.7. The van der Waals surface area contributed by atoms with Gasteiger partial charge in [0.2, 0.25) is 11.8 Å². The van der Waals surface area contributed by atoms with Crippen molar-refractivity contribution in [2.24, 2.45) is 5.41 Å². The molecule has 0 aromatic rings. The maximum atomic E-state index is 12.5. The van der Waals surface area contributed by atoms with Gasteiger partial charge in [0.25, 0.3) is 0 Å². The molecule has 2 atom stereocenters. The summed E-state index contributed by atoms with van der Waals surface area (Å²) >= 11 is 0. The van der Waals surface area contributed by atoms with Crippen molar-refractivity contribution < 1.29 is 9.59 Å². The van der Waals surface area contributed by atoms with Crippen LogP contribution in [0.5, 0.6) is 0 Å². The second-order valence-corrected chi connectivity index (χ2v) is 7.53. The van der Waals surface area contributed by atoms with Crippen LogP contribution in [0.15, 0.2) is 0 Å². The number of amides is 2. The molecule has 0 aromatic heterocycles. The Morgan fingerprint density at radius 2 is 2.00 bits per heavy atom. The number of carbonyl (C=O) groups is 2. The van der Waals surface area contributed by atoms with E-state index in [2.05, 4.69) is 31.4 Å². The predicted molar refractivity (Wildman–Crippen MR) is 82.8 cm³/mol. The molecule has 2 fully saturated rings. The van der Waals surface area contributed by atoms with E-state index in [4.69, 9.17) is 0 Å². The summed E-state index contributed by atoms with van der Waals surface area (Å²) in [6.07, 6.45) is 4.35. The third-order valence-electron chi connectivity index (χ3n) is 4.20. The van der Waals surface area contributed by atoms with Crippen LogP contribution in [0.1, 0.15) is 52.9 Å². The third-order valence-corrected chi connectivity index (χ3v) is 4.20.